The van der Waals surface area contributed by atoms with Crippen molar-refractivity contribution >= 4 is 17.3 Å². The number of carbonyl (C=O) groups is 1. The van der Waals surface area contributed by atoms with Gasteiger partial charge in [0.1, 0.15) is 0 Å². The summed E-state index contributed by atoms with van der Waals surface area (Å²) in [5.41, 5.74) is 0.732. The van der Waals surface area contributed by atoms with Crippen molar-refractivity contribution in [1.82, 2.24) is 9.55 Å². The first kappa shape index (κ1) is 12.6. The molecule has 0 saturated heterocycles. The average Bonchev–Trinajstić information content (AvgIpc) is 3.09. The monoisotopic (exact) mass is 284 g/mol. The smallest absolute Gasteiger partial charge is 0.331 e. The van der Waals surface area contributed by atoms with E-state index < -0.39 is 12.0 Å². The Morgan fingerprint density at radius 3 is 2.65 bits per heavy atom. The largest absolute Gasteiger partial charge is 0.479 e. The van der Waals surface area contributed by atoms with Crippen LogP contribution in [0, 0.1) is 0 Å². The molecule has 3 aromatic rings. The molecule has 0 amide bonds. The zero-order chi connectivity index (χ0) is 13.9. The fourth-order valence-electron chi connectivity index (χ4n) is 2.18. The lowest BCUT2D eigenvalue weighted by atomic mass is 10.1. The quantitative estimate of drug-likeness (QED) is 0.800. The van der Waals surface area contributed by atoms with E-state index in [1.165, 1.54) is 0 Å². The van der Waals surface area contributed by atoms with Gasteiger partial charge in [-0.15, -0.1) is 11.3 Å². The summed E-state index contributed by atoms with van der Waals surface area (Å²) >= 11 is 1.54. The number of nitrogens with zero attached hydrogens (tertiary/aromatic N) is 2. The molecule has 1 N–H and O–H groups in total. The fraction of sp³-hybridized carbons (Fsp3) is 0.0667. The summed E-state index contributed by atoms with van der Waals surface area (Å²) in [6.45, 7) is 0. The number of carboxylic acid groups (broad SMARTS) is 1. The number of carboxylic acids is 1. The molecule has 0 aliphatic carbocycles. The van der Waals surface area contributed by atoms with Crippen LogP contribution in [0.5, 0.6) is 0 Å². The molecule has 20 heavy (non-hydrogen) atoms. The molecular formula is C15H12N2O2S. The van der Waals surface area contributed by atoms with Crippen LogP contribution in [-0.4, -0.2) is 20.6 Å². The predicted molar refractivity (Wildman–Crippen MR) is 77.8 cm³/mol. The third-order valence-electron chi connectivity index (χ3n) is 3.04. The van der Waals surface area contributed by atoms with Crippen molar-refractivity contribution in [2.24, 2.45) is 0 Å². The lowest BCUT2D eigenvalue weighted by molar-refractivity contribution is -0.139. The molecule has 2 aromatic heterocycles. The van der Waals surface area contributed by atoms with E-state index in [4.69, 9.17) is 0 Å². The van der Waals surface area contributed by atoms with Crippen LogP contribution >= 0.6 is 11.3 Å². The molecule has 100 valence electrons. The first-order valence-electron chi connectivity index (χ1n) is 6.12. The van der Waals surface area contributed by atoms with E-state index >= 15 is 0 Å². The van der Waals surface area contributed by atoms with Crippen molar-refractivity contribution in [3.05, 3.63) is 65.8 Å². The van der Waals surface area contributed by atoms with Gasteiger partial charge in [0.05, 0.1) is 4.88 Å². The summed E-state index contributed by atoms with van der Waals surface area (Å²) in [6.07, 6.45) is 3.34. The van der Waals surface area contributed by atoms with E-state index in [0.29, 0.717) is 5.82 Å². The SMILES string of the molecule is O=C(O)C(c1ccccc1)n1ccnc1-c1cccs1. The number of aromatic nitrogens is 2. The zero-order valence-electron chi connectivity index (χ0n) is 10.5. The van der Waals surface area contributed by atoms with Gasteiger partial charge in [-0.25, -0.2) is 9.78 Å². The first-order valence-corrected chi connectivity index (χ1v) is 7.00. The molecule has 0 radical (unpaired) electrons. The van der Waals surface area contributed by atoms with Gasteiger partial charge in [-0.05, 0) is 17.0 Å². The summed E-state index contributed by atoms with van der Waals surface area (Å²) in [6, 6.07) is 12.3. The van der Waals surface area contributed by atoms with Gasteiger partial charge in [0, 0.05) is 12.4 Å². The number of hydrogen-bond acceptors (Lipinski definition) is 3. The molecule has 1 atom stereocenters. The molecule has 3 rings (SSSR count). The van der Waals surface area contributed by atoms with Crippen LogP contribution in [0.15, 0.2) is 60.2 Å². The van der Waals surface area contributed by atoms with Gasteiger partial charge in [-0.2, -0.15) is 0 Å². The zero-order valence-corrected chi connectivity index (χ0v) is 11.3. The standard InChI is InChI=1S/C15H12N2O2S/c18-15(19)13(11-5-2-1-3-6-11)17-9-8-16-14(17)12-7-4-10-20-12/h1-10,13H,(H,18,19). The van der Waals surface area contributed by atoms with Crippen molar-refractivity contribution < 1.29 is 9.90 Å². The second-order valence-electron chi connectivity index (χ2n) is 4.29. The number of aliphatic carboxylic acids is 1. The maximum Gasteiger partial charge on any atom is 0.331 e. The molecule has 4 nitrogen and oxygen atoms in total. The highest BCUT2D eigenvalue weighted by atomic mass is 32.1. The van der Waals surface area contributed by atoms with E-state index in [9.17, 15) is 9.90 Å². The van der Waals surface area contributed by atoms with E-state index in [1.807, 2.05) is 47.8 Å². The summed E-state index contributed by atoms with van der Waals surface area (Å²) < 4.78 is 1.70. The summed E-state index contributed by atoms with van der Waals surface area (Å²) in [7, 11) is 0. The molecule has 0 aliphatic rings. The van der Waals surface area contributed by atoms with E-state index in [2.05, 4.69) is 4.98 Å². The molecule has 1 unspecified atom stereocenters. The Morgan fingerprint density at radius 2 is 2.00 bits per heavy atom. The van der Waals surface area contributed by atoms with Crippen molar-refractivity contribution in [3.63, 3.8) is 0 Å². The minimum absolute atomic E-state index is 0.677. The summed E-state index contributed by atoms with van der Waals surface area (Å²) in [5.74, 6) is -0.219. The summed E-state index contributed by atoms with van der Waals surface area (Å²) in [5, 5.41) is 11.5. The molecule has 0 saturated carbocycles. The number of rotatable bonds is 4. The van der Waals surface area contributed by atoms with E-state index in [0.717, 1.165) is 10.4 Å². The first-order chi connectivity index (χ1) is 9.77. The normalized spacial score (nSPS) is 12.2. The molecule has 0 spiro atoms. The van der Waals surface area contributed by atoms with Gasteiger partial charge in [0.2, 0.25) is 0 Å². The van der Waals surface area contributed by atoms with Gasteiger partial charge < -0.3 is 9.67 Å². The van der Waals surface area contributed by atoms with Crippen LogP contribution in [0.4, 0.5) is 0 Å². The third-order valence-corrected chi connectivity index (χ3v) is 3.90. The van der Waals surface area contributed by atoms with Gasteiger partial charge >= 0.3 is 5.97 Å². The molecular weight excluding hydrogens is 272 g/mol. The predicted octanol–water partition coefficient (Wildman–Crippen LogP) is 3.29. The topological polar surface area (TPSA) is 55.1 Å². The molecule has 1 aromatic carbocycles. The Labute approximate surface area is 120 Å². The van der Waals surface area contributed by atoms with Crippen LogP contribution in [0.25, 0.3) is 10.7 Å². The van der Waals surface area contributed by atoms with Crippen molar-refractivity contribution in [2.45, 2.75) is 6.04 Å². The van der Waals surface area contributed by atoms with E-state index in [1.54, 1.807) is 28.3 Å². The highest BCUT2D eigenvalue weighted by molar-refractivity contribution is 7.13. The minimum Gasteiger partial charge on any atom is -0.479 e. The van der Waals surface area contributed by atoms with Gasteiger partial charge in [-0.3, -0.25) is 0 Å². The summed E-state index contributed by atoms with van der Waals surface area (Å²) in [4.78, 5) is 16.9. The molecule has 2 heterocycles. The molecule has 0 aliphatic heterocycles. The fourth-order valence-corrected chi connectivity index (χ4v) is 2.90. The second-order valence-corrected chi connectivity index (χ2v) is 5.23. The van der Waals surface area contributed by atoms with Gasteiger partial charge in [0.15, 0.2) is 11.9 Å². The lowest BCUT2D eigenvalue weighted by Gasteiger charge is -2.16. The number of hydrogen-bond donors (Lipinski definition) is 1. The molecule has 0 bridgehead atoms. The van der Waals surface area contributed by atoms with Crippen molar-refractivity contribution in [1.29, 1.82) is 0 Å². The van der Waals surface area contributed by atoms with Crippen LogP contribution in [0.1, 0.15) is 11.6 Å². The van der Waals surface area contributed by atoms with Gasteiger partial charge in [0.25, 0.3) is 0 Å². The number of thiophene rings is 1. The Kier molecular flexibility index (Phi) is 3.35. The van der Waals surface area contributed by atoms with E-state index in [-0.39, 0.29) is 0 Å². The molecule has 0 fully saturated rings. The van der Waals surface area contributed by atoms with Gasteiger partial charge in [-0.1, -0.05) is 36.4 Å². The average molecular weight is 284 g/mol. The Bertz CT molecular complexity index is 705. The lowest BCUT2D eigenvalue weighted by Crippen LogP contribution is -2.20. The maximum atomic E-state index is 11.7. The second kappa shape index (κ2) is 5.30. The Balaban J connectivity index is 2.11. The Morgan fingerprint density at radius 1 is 1.20 bits per heavy atom. The van der Waals surface area contributed by atoms with Crippen LogP contribution in [-0.2, 0) is 4.79 Å². The molecule has 5 heteroatoms. The maximum absolute atomic E-state index is 11.7. The number of benzene rings is 1. The highest BCUT2D eigenvalue weighted by Gasteiger charge is 2.24. The van der Waals surface area contributed by atoms with Crippen molar-refractivity contribution in [2.75, 3.05) is 0 Å². The highest BCUT2D eigenvalue weighted by Crippen LogP contribution is 2.28. The van der Waals surface area contributed by atoms with Crippen LogP contribution in [0.3, 0.4) is 0 Å². The number of imidazole rings is 1. The minimum atomic E-state index is -0.896. The third kappa shape index (κ3) is 2.23. The van der Waals surface area contributed by atoms with Crippen molar-refractivity contribution in [3.8, 4) is 10.7 Å². The van der Waals surface area contributed by atoms with Crippen LogP contribution in [0.2, 0.25) is 0 Å². The Hall–Kier alpha value is -2.40. The van der Waals surface area contributed by atoms with Crippen LogP contribution < -0.4 is 0 Å².